The molecule has 2 heterocycles. The van der Waals surface area contributed by atoms with Gasteiger partial charge >= 0.3 is 0 Å². The summed E-state index contributed by atoms with van der Waals surface area (Å²) in [7, 11) is 3.34. The van der Waals surface area contributed by atoms with Gasteiger partial charge < -0.3 is 14.4 Å². The summed E-state index contributed by atoms with van der Waals surface area (Å²) in [5.41, 5.74) is 2.07. The second-order valence-electron chi connectivity index (χ2n) is 6.23. The quantitative estimate of drug-likeness (QED) is 0.855. The van der Waals surface area contributed by atoms with Crippen LogP contribution in [-0.2, 0) is 22.6 Å². The lowest BCUT2D eigenvalue weighted by atomic mass is 10.2. The number of hydrogen-bond donors (Lipinski definition) is 1. The number of methoxy groups -OCH3 is 2. The third kappa shape index (κ3) is 4.58. The van der Waals surface area contributed by atoms with Crippen molar-refractivity contribution >= 4 is 5.91 Å². The molecule has 134 valence electrons. The molecule has 0 bridgehead atoms. The van der Waals surface area contributed by atoms with E-state index in [0.29, 0.717) is 32.7 Å². The van der Waals surface area contributed by atoms with Crippen molar-refractivity contribution in [2.75, 3.05) is 33.9 Å². The van der Waals surface area contributed by atoms with E-state index in [1.165, 1.54) is 0 Å². The normalized spacial score (nSPS) is 19.0. The number of aromatic amines is 1. The van der Waals surface area contributed by atoms with E-state index in [4.69, 9.17) is 9.47 Å². The highest BCUT2D eigenvalue weighted by molar-refractivity contribution is 5.78. The summed E-state index contributed by atoms with van der Waals surface area (Å²) in [5, 5.41) is 6.91. The molecule has 25 heavy (non-hydrogen) atoms. The Kier molecular flexibility index (Phi) is 5.67. The van der Waals surface area contributed by atoms with Gasteiger partial charge in [-0.25, -0.2) is 0 Å². The average molecular weight is 344 g/mol. The van der Waals surface area contributed by atoms with E-state index in [1.54, 1.807) is 20.4 Å². The monoisotopic (exact) mass is 344 g/mol. The zero-order valence-electron chi connectivity index (χ0n) is 14.6. The lowest BCUT2D eigenvalue weighted by molar-refractivity contribution is -0.132. The van der Waals surface area contributed by atoms with Gasteiger partial charge in [0.05, 0.1) is 19.8 Å². The van der Waals surface area contributed by atoms with Gasteiger partial charge in [0.2, 0.25) is 5.91 Å². The predicted molar refractivity (Wildman–Crippen MR) is 93.1 cm³/mol. The van der Waals surface area contributed by atoms with Crippen molar-refractivity contribution in [3.05, 3.63) is 47.8 Å². The van der Waals surface area contributed by atoms with Crippen molar-refractivity contribution in [3.63, 3.8) is 0 Å². The van der Waals surface area contributed by atoms with Crippen molar-refractivity contribution in [3.8, 4) is 5.75 Å². The first-order chi connectivity index (χ1) is 12.2. The van der Waals surface area contributed by atoms with Gasteiger partial charge in [0.15, 0.2) is 0 Å². The Balaban J connectivity index is 1.68. The van der Waals surface area contributed by atoms with Crippen LogP contribution in [0.2, 0.25) is 0 Å². The average Bonchev–Trinajstić information content (AvgIpc) is 3.08. The van der Waals surface area contributed by atoms with Crippen molar-refractivity contribution in [2.24, 2.45) is 0 Å². The Morgan fingerprint density at radius 1 is 1.16 bits per heavy atom. The van der Waals surface area contributed by atoms with E-state index in [2.05, 4.69) is 15.1 Å². The first-order valence-electron chi connectivity index (χ1n) is 8.32. The van der Waals surface area contributed by atoms with Gasteiger partial charge in [0.1, 0.15) is 5.75 Å². The van der Waals surface area contributed by atoms with Gasteiger partial charge in [-0.15, -0.1) is 0 Å². The van der Waals surface area contributed by atoms with Gasteiger partial charge in [-0.2, -0.15) is 5.10 Å². The number of amides is 1. The largest absolute Gasteiger partial charge is 0.497 e. The zero-order chi connectivity index (χ0) is 17.6. The molecule has 7 nitrogen and oxygen atoms in total. The number of aromatic nitrogens is 2. The molecular formula is C18H24N4O3. The third-order valence-electron chi connectivity index (χ3n) is 4.42. The lowest BCUT2D eigenvalue weighted by Crippen LogP contribution is -2.37. The maximum Gasteiger partial charge on any atom is 0.237 e. The minimum absolute atomic E-state index is 0.0207. The Morgan fingerprint density at radius 3 is 2.60 bits per heavy atom. The summed E-state index contributed by atoms with van der Waals surface area (Å²) in [6, 6.07) is 9.72. The molecule has 7 heteroatoms. The molecule has 1 saturated heterocycles. The van der Waals surface area contributed by atoms with Crippen LogP contribution in [0.1, 0.15) is 11.3 Å². The fourth-order valence-electron chi connectivity index (χ4n) is 3.04. The second kappa shape index (κ2) is 8.13. The number of nitrogens with one attached hydrogen (secondary N) is 1. The summed E-state index contributed by atoms with van der Waals surface area (Å²) in [6.45, 7) is 2.89. The van der Waals surface area contributed by atoms with Gasteiger partial charge in [-0.3, -0.25) is 14.8 Å². The van der Waals surface area contributed by atoms with E-state index >= 15 is 0 Å². The molecule has 1 fully saturated rings. The molecule has 1 aliphatic rings. The number of hydrogen-bond acceptors (Lipinski definition) is 5. The van der Waals surface area contributed by atoms with Crippen LogP contribution in [0.15, 0.2) is 36.5 Å². The molecule has 0 spiro atoms. The SMILES string of the molecule is COc1ccc(CN2C[C@@H](OC)CN(Cc3ccn[nH]3)CC2=O)cc1. The van der Waals surface area contributed by atoms with E-state index in [0.717, 1.165) is 17.0 Å². The fourth-order valence-corrected chi connectivity index (χ4v) is 3.04. The van der Waals surface area contributed by atoms with Crippen molar-refractivity contribution in [2.45, 2.75) is 19.2 Å². The van der Waals surface area contributed by atoms with Crippen LogP contribution in [0.25, 0.3) is 0 Å². The van der Waals surface area contributed by atoms with Crippen LogP contribution >= 0.6 is 0 Å². The molecule has 1 aromatic heterocycles. The van der Waals surface area contributed by atoms with Gasteiger partial charge in [-0.05, 0) is 23.8 Å². The van der Waals surface area contributed by atoms with Crippen LogP contribution < -0.4 is 4.74 Å². The van der Waals surface area contributed by atoms with E-state index in [9.17, 15) is 4.79 Å². The first kappa shape index (κ1) is 17.4. The number of benzene rings is 1. The number of H-pyrrole nitrogens is 1. The topological polar surface area (TPSA) is 70.7 Å². The van der Waals surface area contributed by atoms with Gasteiger partial charge in [0.25, 0.3) is 0 Å². The van der Waals surface area contributed by atoms with Crippen molar-refractivity contribution in [1.29, 1.82) is 0 Å². The number of ether oxygens (including phenoxy) is 2. The molecule has 1 aliphatic heterocycles. The summed E-state index contributed by atoms with van der Waals surface area (Å²) < 4.78 is 10.8. The molecule has 0 unspecified atom stereocenters. The summed E-state index contributed by atoms with van der Waals surface area (Å²) in [4.78, 5) is 16.7. The maximum atomic E-state index is 12.7. The first-order valence-corrected chi connectivity index (χ1v) is 8.32. The number of carbonyl (C=O) groups excluding carboxylic acids is 1. The Bertz CT molecular complexity index is 672. The maximum absolute atomic E-state index is 12.7. The van der Waals surface area contributed by atoms with E-state index in [1.807, 2.05) is 35.2 Å². The zero-order valence-corrected chi connectivity index (χ0v) is 14.6. The minimum Gasteiger partial charge on any atom is -0.497 e. The molecule has 3 rings (SSSR count). The van der Waals surface area contributed by atoms with Gasteiger partial charge in [-0.1, -0.05) is 12.1 Å². The number of rotatable bonds is 6. The standard InChI is InChI=1S/C18H24N4O3/c1-24-16-5-3-14(4-6-16)9-22-12-17(25-2)11-21(13-18(22)23)10-15-7-8-19-20-15/h3-8,17H,9-13H2,1-2H3,(H,19,20)/t17-/m0/s1. The van der Waals surface area contributed by atoms with Crippen LogP contribution in [0, 0.1) is 0 Å². The summed E-state index contributed by atoms with van der Waals surface area (Å²) >= 11 is 0. The second-order valence-corrected chi connectivity index (χ2v) is 6.23. The van der Waals surface area contributed by atoms with Crippen LogP contribution in [0.5, 0.6) is 5.75 Å². The molecule has 0 aliphatic carbocycles. The Labute approximate surface area is 147 Å². The highest BCUT2D eigenvalue weighted by Gasteiger charge is 2.28. The summed E-state index contributed by atoms with van der Waals surface area (Å²) in [6.07, 6.45) is 1.70. The predicted octanol–water partition coefficient (Wildman–Crippen LogP) is 1.28. The molecule has 1 N–H and O–H groups in total. The smallest absolute Gasteiger partial charge is 0.237 e. The minimum atomic E-state index is -0.0207. The van der Waals surface area contributed by atoms with E-state index in [-0.39, 0.29) is 12.0 Å². The molecule has 0 saturated carbocycles. The van der Waals surface area contributed by atoms with Crippen LogP contribution in [0.3, 0.4) is 0 Å². The van der Waals surface area contributed by atoms with Crippen molar-refractivity contribution < 1.29 is 14.3 Å². The highest BCUT2D eigenvalue weighted by Crippen LogP contribution is 2.16. The van der Waals surface area contributed by atoms with Gasteiger partial charge in [0, 0.05) is 45.2 Å². The van der Waals surface area contributed by atoms with Crippen LogP contribution in [-0.4, -0.2) is 65.9 Å². The van der Waals surface area contributed by atoms with Crippen LogP contribution in [0.4, 0.5) is 0 Å². The fraction of sp³-hybridized carbons (Fsp3) is 0.444. The molecule has 2 aromatic rings. The Morgan fingerprint density at radius 2 is 1.96 bits per heavy atom. The number of nitrogens with zero attached hydrogens (tertiary/aromatic N) is 3. The molecule has 1 amide bonds. The van der Waals surface area contributed by atoms with Crippen molar-refractivity contribution in [1.82, 2.24) is 20.0 Å². The third-order valence-corrected chi connectivity index (χ3v) is 4.42. The molecule has 0 radical (unpaired) electrons. The Hall–Kier alpha value is -2.38. The van der Waals surface area contributed by atoms with E-state index < -0.39 is 0 Å². The molecular weight excluding hydrogens is 320 g/mol. The highest BCUT2D eigenvalue weighted by atomic mass is 16.5. The number of carbonyl (C=O) groups is 1. The lowest BCUT2D eigenvalue weighted by Gasteiger charge is -2.23. The summed E-state index contributed by atoms with van der Waals surface area (Å²) in [5.74, 6) is 0.918. The molecule has 1 atom stereocenters. The molecule has 1 aromatic carbocycles.